The number of benzene rings is 2. The lowest BCUT2D eigenvalue weighted by molar-refractivity contribution is -0.139. The molecule has 124 valence electrons. The summed E-state index contributed by atoms with van der Waals surface area (Å²) in [5.74, 6) is 0.474. The predicted octanol–water partition coefficient (Wildman–Crippen LogP) is 2.90. The van der Waals surface area contributed by atoms with Crippen LogP contribution in [0.5, 0.6) is 11.5 Å². The summed E-state index contributed by atoms with van der Waals surface area (Å²) in [6.45, 7) is 3.39. The van der Waals surface area contributed by atoms with E-state index in [1.165, 1.54) is 13.2 Å². The maximum atomic E-state index is 11.4. The van der Waals surface area contributed by atoms with Crippen LogP contribution in [0.4, 0.5) is 11.4 Å². The smallest absolute Gasteiger partial charge is 0.310 e. The summed E-state index contributed by atoms with van der Waals surface area (Å²) in [5.41, 5.74) is 7.62. The van der Waals surface area contributed by atoms with Crippen molar-refractivity contribution in [3.63, 3.8) is 0 Å². The second-order valence-electron chi connectivity index (χ2n) is 4.93. The molecule has 0 radical (unpaired) electrons. The minimum atomic E-state index is -0.374. The highest BCUT2D eigenvalue weighted by atomic mass is 16.5. The Hall–Kier alpha value is -3.28. The third kappa shape index (κ3) is 4.61. The zero-order chi connectivity index (χ0) is 17.5. The molecule has 2 rings (SSSR count). The summed E-state index contributed by atoms with van der Waals surface area (Å²) in [6.07, 6.45) is 1.27. The first-order valence-corrected chi connectivity index (χ1v) is 7.18. The van der Waals surface area contributed by atoms with Gasteiger partial charge >= 0.3 is 5.97 Å². The molecule has 0 aromatic heterocycles. The van der Waals surface area contributed by atoms with E-state index in [0.29, 0.717) is 28.4 Å². The molecule has 0 unspecified atom stereocenters. The Morgan fingerprint density at radius 2 is 1.83 bits per heavy atom. The molecule has 0 saturated heterocycles. The standard InChI is InChI=1S/C18H18N2O4/c1-3-17(21)20-13-4-6-14(7-5-13)24-15-8-9-16(19)12(10-15)11-18(22)23-2/h3-10H,1,11,19H2,2H3,(H,20,21). The molecular weight excluding hydrogens is 308 g/mol. The van der Waals surface area contributed by atoms with E-state index in [2.05, 4.69) is 16.6 Å². The van der Waals surface area contributed by atoms with Gasteiger partial charge < -0.3 is 20.5 Å². The largest absolute Gasteiger partial charge is 0.469 e. The van der Waals surface area contributed by atoms with Crippen LogP contribution >= 0.6 is 0 Å². The second kappa shape index (κ2) is 7.82. The van der Waals surface area contributed by atoms with Gasteiger partial charge in [0.1, 0.15) is 11.5 Å². The third-order valence-corrected chi connectivity index (χ3v) is 3.22. The Bertz CT molecular complexity index is 754. The van der Waals surface area contributed by atoms with Gasteiger partial charge in [-0.1, -0.05) is 6.58 Å². The number of ether oxygens (including phenoxy) is 2. The first-order chi connectivity index (χ1) is 11.5. The van der Waals surface area contributed by atoms with Crippen LogP contribution in [0.25, 0.3) is 0 Å². The van der Waals surface area contributed by atoms with Crippen molar-refractivity contribution < 1.29 is 19.1 Å². The number of nitrogens with one attached hydrogen (secondary N) is 1. The van der Waals surface area contributed by atoms with Crippen molar-refractivity contribution in [1.29, 1.82) is 0 Å². The zero-order valence-corrected chi connectivity index (χ0v) is 13.2. The van der Waals surface area contributed by atoms with Crippen LogP contribution in [0.2, 0.25) is 0 Å². The molecule has 2 aromatic carbocycles. The molecule has 0 aliphatic carbocycles. The van der Waals surface area contributed by atoms with Crippen LogP contribution in [-0.4, -0.2) is 19.0 Å². The fraction of sp³-hybridized carbons (Fsp3) is 0.111. The molecule has 0 aliphatic rings. The Kier molecular flexibility index (Phi) is 5.57. The van der Waals surface area contributed by atoms with Gasteiger partial charge in [0, 0.05) is 11.4 Å². The number of rotatable bonds is 6. The Morgan fingerprint density at radius 3 is 2.46 bits per heavy atom. The van der Waals surface area contributed by atoms with Crippen molar-refractivity contribution >= 4 is 23.3 Å². The quantitative estimate of drug-likeness (QED) is 0.484. The molecule has 0 saturated carbocycles. The minimum absolute atomic E-state index is 0.0755. The van der Waals surface area contributed by atoms with E-state index in [-0.39, 0.29) is 18.3 Å². The van der Waals surface area contributed by atoms with Gasteiger partial charge in [0.25, 0.3) is 0 Å². The number of carbonyl (C=O) groups excluding carboxylic acids is 2. The maximum Gasteiger partial charge on any atom is 0.310 e. The number of nitrogen functional groups attached to an aromatic ring is 1. The fourth-order valence-corrected chi connectivity index (χ4v) is 1.96. The number of hydrogen-bond donors (Lipinski definition) is 2. The lowest BCUT2D eigenvalue weighted by Crippen LogP contribution is -2.07. The molecule has 3 N–H and O–H groups in total. The molecule has 0 aliphatic heterocycles. The van der Waals surface area contributed by atoms with Crippen LogP contribution < -0.4 is 15.8 Å². The zero-order valence-electron chi connectivity index (χ0n) is 13.2. The fourth-order valence-electron chi connectivity index (χ4n) is 1.96. The molecule has 0 heterocycles. The van der Waals surface area contributed by atoms with E-state index in [9.17, 15) is 9.59 Å². The van der Waals surface area contributed by atoms with E-state index >= 15 is 0 Å². The van der Waals surface area contributed by atoms with E-state index in [4.69, 9.17) is 10.5 Å². The van der Waals surface area contributed by atoms with Crippen LogP contribution in [-0.2, 0) is 20.7 Å². The van der Waals surface area contributed by atoms with Gasteiger partial charge in [-0.2, -0.15) is 0 Å². The van der Waals surface area contributed by atoms with E-state index in [1.807, 2.05) is 0 Å². The summed E-state index contributed by atoms with van der Waals surface area (Å²) in [4.78, 5) is 22.6. The van der Waals surface area contributed by atoms with Crippen molar-refractivity contribution in [2.75, 3.05) is 18.2 Å². The number of anilines is 2. The molecule has 6 nitrogen and oxygen atoms in total. The SMILES string of the molecule is C=CC(=O)Nc1ccc(Oc2ccc(N)c(CC(=O)OC)c2)cc1. The van der Waals surface area contributed by atoms with Crippen LogP contribution in [0.1, 0.15) is 5.56 Å². The molecular formula is C18H18N2O4. The lowest BCUT2D eigenvalue weighted by atomic mass is 10.1. The Morgan fingerprint density at radius 1 is 1.17 bits per heavy atom. The van der Waals surface area contributed by atoms with Gasteiger partial charge in [0.2, 0.25) is 5.91 Å². The summed E-state index contributed by atoms with van der Waals surface area (Å²) in [7, 11) is 1.32. The summed E-state index contributed by atoms with van der Waals surface area (Å²) < 4.78 is 10.4. The van der Waals surface area contributed by atoms with Crippen molar-refractivity contribution in [1.82, 2.24) is 0 Å². The Balaban J connectivity index is 2.10. The average molecular weight is 326 g/mol. The summed E-state index contributed by atoms with van der Waals surface area (Å²) >= 11 is 0. The highest BCUT2D eigenvalue weighted by Gasteiger charge is 2.09. The summed E-state index contributed by atoms with van der Waals surface area (Å²) in [5, 5.41) is 2.65. The highest BCUT2D eigenvalue weighted by Crippen LogP contribution is 2.26. The van der Waals surface area contributed by atoms with Crippen molar-refractivity contribution in [2.24, 2.45) is 0 Å². The molecule has 0 atom stereocenters. The minimum Gasteiger partial charge on any atom is -0.469 e. The third-order valence-electron chi connectivity index (χ3n) is 3.22. The first-order valence-electron chi connectivity index (χ1n) is 7.18. The van der Waals surface area contributed by atoms with Gasteiger partial charge in [-0.05, 0) is 54.1 Å². The van der Waals surface area contributed by atoms with Crippen molar-refractivity contribution in [3.8, 4) is 11.5 Å². The summed E-state index contributed by atoms with van der Waals surface area (Å²) in [6, 6.07) is 11.9. The molecule has 24 heavy (non-hydrogen) atoms. The van der Waals surface area contributed by atoms with E-state index in [1.54, 1.807) is 42.5 Å². The topological polar surface area (TPSA) is 90.6 Å². The lowest BCUT2D eigenvalue weighted by Gasteiger charge is -2.10. The van der Waals surface area contributed by atoms with Crippen LogP contribution in [0, 0.1) is 0 Å². The van der Waals surface area contributed by atoms with Gasteiger partial charge in [-0.15, -0.1) is 0 Å². The molecule has 1 amide bonds. The highest BCUT2D eigenvalue weighted by molar-refractivity contribution is 5.98. The number of methoxy groups -OCH3 is 1. The van der Waals surface area contributed by atoms with Crippen LogP contribution in [0.15, 0.2) is 55.1 Å². The predicted molar refractivity (Wildman–Crippen MR) is 91.9 cm³/mol. The number of nitrogens with two attached hydrogens (primary N) is 1. The number of hydrogen-bond acceptors (Lipinski definition) is 5. The molecule has 0 bridgehead atoms. The van der Waals surface area contributed by atoms with Crippen molar-refractivity contribution in [2.45, 2.75) is 6.42 Å². The van der Waals surface area contributed by atoms with Crippen molar-refractivity contribution in [3.05, 3.63) is 60.7 Å². The molecule has 0 fully saturated rings. The monoisotopic (exact) mass is 326 g/mol. The number of amides is 1. The van der Waals surface area contributed by atoms with Gasteiger partial charge in [0.15, 0.2) is 0 Å². The van der Waals surface area contributed by atoms with Gasteiger partial charge in [-0.25, -0.2) is 0 Å². The van der Waals surface area contributed by atoms with Gasteiger partial charge in [0.05, 0.1) is 13.5 Å². The van der Waals surface area contributed by atoms with E-state index < -0.39 is 0 Å². The molecule has 6 heteroatoms. The Labute approximate surface area is 139 Å². The number of esters is 1. The van der Waals surface area contributed by atoms with E-state index in [0.717, 1.165) is 0 Å². The van der Waals surface area contributed by atoms with Crippen LogP contribution in [0.3, 0.4) is 0 Å². The molecule has 2 aromatic rings. The maximum absolute atomic E-state index is 11.4. The normalized spacial score (nSPS) is 9.88. The first kappa shape index (κ1) is 17.1. The average Bonchev–Trinajstić information content (AvgIpc) is 2.59. The van der Waals surface area contributed by atoms with Gasteiger partial charge in [-0.3, -0.25) is 9.59 Å². The molecule has 0 spiro atoms. The second-order valence-corrected chi connectivity index (χ2v) is 4.93. The number of carbonyl (C=O) groups is 2.